The van der Waals surface area contributed by atoms with Gasteiger partial charge in [0, 0.05) is 34.0 Å². The minimum atomic E-state index is -0.134. The number of aliphatic hydroxyl groups excluding tert-OH is 1. The van der Waals surface area contributed by atoms with Crippen molar-refractivity contribution in [2.75, 3.05) is 13.2 Å². The molecule has 1 atom stereocenters. The van der Waals surface area contributed by atoms with Crippen LogP contribution in [-0.4, -0.2) is 24.2 Å². The molecule has 1 heterocycles. The van der Waals surface area contributed by atoms with Gasteiger partial charge in [-0.1, -0.05) is 6.92 Å². The molecule has 1 rings (SSSR count). The van der Waals surface area contributed by atoms with Crippen LogP contribution >= 0.6 is 27.3 Å². The normalized spacial score (nSPS) is 12.9. The SMILES string of the molecule is CC(CO)CNC(=O)/C=C/c1cc(Br)cs1. The quantitative estimate of drug-likeness (QED) is 0.820. The Labute approximate surface area is 107 Å². The largest absolute Gasteiger partial charge is 0.396 e. The maximum absolute atomic E-state index is 11.4. The molecule has 16 heavy (non-hydrogen) atoms. The van der Waals surface area contributed by atoms with E-state index in [2.05, 4.69) is 21.2 Å². The smallest absolute Gasteiger partial charge is 0.244 e. The van der Waals surface area contributed by atoms with Crippen LogP contribution in [0.25, 0.3) is 6.08 Å². The van der Waals surface area contributed by atoms with E-state index in [1.165, 1.54) is 6.08 Å². The van der Waals surface area contributed by atoms with Crippen LogP contribution in [0.15, 0.2) is 22.0 Å². The van der Waals surface area contributed by atoms with Gasteiger partial charge in [0.05, 0.1) is 0 Å². The van der Waals surface area contributed by atoms with E-state index in [-0.39, 0.29) is 18.4 Å². The number of hydrogen-bond acceptors (Lipinski definition) is 3. The van der Waals surface area contributed by atoms with Crippen molar-refractivity contribution < 1.29 is 9.90 Å². The maximum Gasteiger partial charge on any atom is 0.244 e. The molecular formula is C11H14BrNO2S. The van der Waals surface area contributed by atoms with Gasteiger partial charge in [0.15, 0.2) is 0 Å². The Bertz CT molecular complexity index is 376. The van der Waals surface area contributed by atoms with Crippen LogP contribution in [0.2, 0.25) is 0 Å². The molecule has 0 bridgehead atoms. The van der Waals surface area contributed by atoms with Gasteiger partial charge in [-0.15, -0.1) is 11.3 Å². The summed E-state index contributed by atoms with van der Waals surface area (Å²) in [5.41, 5.74) is 0. The van der Waals surface area contributed by atoms with Gasteiger partial charge in [-0.25, -0.2) is 0 Å². The Hall–Kier alpha value is -0.650. The highest BCUT2D eigenvalue weighted by atomic mass is 79.9. The molecule has 0 aromatic carbocycles. The van der Waals surface area contributed by atoms with Gasteiger partial charge in [-0.05, 0) is 34.0 Å². The van der Waals surface area contributed by atoms with Crippen LogP contribution in [-0.2, 0) is 4.79 Å². The van der Waals surface area contributed by atoms with E-state index < -0.39 is 0 Å². The molecule has 88 valence electrons. The number of nitrogens with one attached hydrogen (secondary N) is 1. The second-order valence-electron chi connectivity index (χ2n) is 3.53. The minimum Gasteiger partial charge on any atom is -0.396 e. The third kappa shape index (κ3) is 4.92. The average molecular weight is 304 g/mol. The van der Waals surface area contributed by atoms with Crippen molar-refractivity contribution in [3.05, 3.63) is 26.9 Å². The lowest BCUT2D eigenvalue weighted by Gasteiger charge is -2.07. The molecular weight excluding hydrogens is 290 g/mol. The molecule has 0 fully saturated rings. The van der Waals surface area contributed by atoms with Gasteiger partial charge >= 0.3 is 0 Å². The van der Waals surface area contributed by atoms with Crippen LogP contribution in [0.4, 0.5) is 0 Å². The zero-order valence-corrected chi connectivity index (χ0v) is 11.3. The van der Waals surface area contributed by atoms with E-state index in [9.17, 15) is 4.79 Å². The number of aliphatic hydroxyl groups is 1. The van der Waals surface area contributed by atoms with Crippen molar-refractivity contribution in [1.29, 1.82) is 0 Å². The minimum absolute atomic E-state index is 0.0852. The lowest BCUT2D eigenvalue weighted by Crippen LogP contribution is -2.27. The van der Waals surface area contributed by atoms with Crippen molar-refractivity contribution in [2.45, 2.75) is 6.92 Å². The van der Waals surface area contributed by atoms with E-state index in [0.29, 0.717) is 6.54 Å². The molecule has 0 saturated carbocycles. The predicted octanol–water partition coefficient (Wildman–Crippen LogP) is 2.27. The van der Waals surface area contributed by atoms with E-state index in [4.69, 9.17) is 5.11 Å². The first-order valence-corrected chi connectivity index (χ1v) is 6.60. The van der Waals surface area contributed by atoms with Crippen molar-refractivity contribution in [3.63, 3.8) is 0 Å². The highest BCUT2D eigenvalue weighted by Gasteiger charge is 2.01. The van der Waals surface area contributed by atoms with Crippen molar-refractivity contribution in [2.24, 2.45) is 5.92 Å². The summed E-state index contributed by atoms with van der Waals surface area (Å²) in [7, 11) is 0. The summed E-state index contributed by atoms with van der Waals surface area (Å²) in [5.74, 6) is -0.0435. The summed E-state index contributed by atoms with van der Waals surface area (Å²) in [6.07, 6.45) is 3.27. The van der Waals surface area contributed by atoms with Crippen LogP contribution < -0.4 is 5.32 Å². The van der Waals surface area contributed by atoms with Crippen LogP contribution in [0.5, 0.6) is 0 Å². The zero-order valence-electron chi connectivity index (χ0n) is 8.94. The monoisotopic (exact) mass is 303 g/mol. The fourth-order valence-electron chi connectivity index (χ4n) is 0.972. The van der Waals surface area contributed by atoms with Crippen molar-refractivity contribution >= 4 is 39.2 Å². The number of carbonyl (C=O) groups is 1. The number of carbonyl (C=O) groups excluding carboxylic acids is 1. The number of amides is 1. The van der Waals surface area contributed by atoms with E-state index in [0.717, 1.165) is 9.35 Å². The molecule has 5 heteroatoms. The molecule has 0 spiro atoms. The molecule has 0 radical (unpaired) electrons. The molecule has 1 aromatic rings. The average Bonchev–Trinajstić information content (AvgIpc) is 2.69. The first-order chi connectivity index (χ1) is 7.61. The Morgan fingerprint density at radius 3 is 3.06 bits per heavy atom. The van der Waals surface area contributed by atoms with Crippen LogP contribution in [0.1, 0.15) is 11.8 Å². The Morgan fingerprint density at radius 2 is 2.50 bits per heavy atom. The van der Waals surface area contributed by atoms with Gasteiger partial charge < -0.3 is 10.4 Å². The Balaban J connectivity index is 2.36. The van der Waals surface area contributed by atoms with Gasteiger partial charge in [0.2, 0.25) is 5.91 Å². The molecule has 0 saturated heterocycles. The van der Waals surface area contributed by atoms with Crippen LogP contribution in [0, 0.1) is 5.92 Å². The first kappa shape index (κ1) is 13.4. The van der Waals surface area contributed by atoms with Gasteiger partial charge in [0.25, 0.3) is 0 Å². The van der Waals surface area contributed by atoms with E-state index >= 15 is 0 Å². The highest BCUT2D eigenvalue weighted by molar-refractivity contribution is 9.10. The number of hydrogen-bond donors (Lipinski definition) is 2. The lowest BCUT2D eigenvalue weighted by molar-refractivity contribution is -0.116. The molecule has 0 aliphatic carbocycles. The van der Waals surface area contributed by atoms with Gasteiger partial charge in [-0.3, -0.25) is 4.79 Å². The number of thiophene rings is 1. The Kier molecular flexibility index (Phi) is 5.73. The van der Waals surface area contributed by atoms with Crippen molar-refractivity contribution in [3.8, 4) is 0 Å². The summed E-state index contributed by atoms with van der Waals surface area (Å²) in [6, 6.07) is 1.95. The Morgan fingerprint density at radius 1 is 1.75 bits per heavy atom. The topological polar surface area (TPSA) is 49.3 Å². The van der Waals surface area contributed by atoms with E-state index in [1.807, 2.05) is 18.4 Å². The standard InChI is InChI=1S/C11H14BrNO2S/c1-8(6-14)5-13-11(15)3-2-10-4-9(12)7-16-10/h2-4,7-8,14H,5-6H2,1H3,(H,13,15)/b3-2+. The summed E-state index contributed by atoms with van der Waals surface area (Å²) >= 11 is 4.91. The van der Waals surface area contributed by atoms with Gasteiger partial charge in [0.1, 0.15) is 0 Å². The summed E-state index contributed by atoms with van der Waals surface area (Å²) < 4.78 is 1.02. The molecule has 3 nitrogen and oxygen atoms in total. The molecule has 0 aliphatic heterocycles. The molecule has 1 amide bonds. The summed E-state index contributed by atoms with van der Waals surface area (Å²) in [6.45, 7) is 2.45. The third-order valence-corrected chi connectivity index (χ3v) is 3.58. The fourth-order valence-corrected chi connectivity index (χ4v) is 2.31. The second kappa shape index (κ2) is 6.83. The first-order valence-electron chi connectivity index (χ1n) is 4.92. The lowest BCUT2D eigenvalue weighted by atomic mass is 10.2. The predicted molar refractivity (Wildman–Crippen MR) is 70.3 cm³/mol. The van der Waals surface area contributed by atoms with Gasteiger partial charge in [-0.2, -0.15) is 0 Å². The number of halogens is 1. The highest BCUT2D eigenvalue weighted by Crippen LogP contribution is 2.20. The molecule has 2 N–H and O–H groups in total. The maximum atomic E-state index is 11.4. The molecule has 1 unspecified atom stereocenters. The molecule has 0 aliphatic rings. The molecule has 1 aromatic heterocycles. The zero-order chi connectivity index (χ0) is 12.0. The third-order valence-electron chi connectivity index (χ3n) is 1.92. The second-order valence-corrected chi connectivity index (χ2v) is 5.39. The van der Waals surface area contributed by atoms with Crippen molar-refractivity contribution in [1.82, 2.24) is 5.32 Å². The van der Waals surface area contributed by atoms with Crippen LogP contribution in [0.3, 0.4) is 0 Å². The fraction of sp³-hybridized carbons (Fsp3) is 0.364. The summed E-state index contributed by atoms with van der Waals surface area (Å²) in [4.78, 5) is 12.4. The van der Waals surface area contributed by atoms with E-state index in [1.54, 1.807) is 17.4 Å². The number of rotatable bonds is 5. The summed E-state index contributed by atoms with van der Waals surface area (Å²) in [5, 5.41) is 13.5.